The maximum Gasteiger partial charge on any atom is 0.247 e. The maximum atomic E-state index is 11.7. The number of sulfonamides is 1. The van der Waals surface area contributed by atoms with Crippen molar-refractivity contribution < 1.29 is 13.5 Å². The largest absolute Gasteiger partial charge is 0.396 e. The zero-order valence-electron chi connectivity index (χ0n) is 13.8. The number of nitrogens with zero attached hydrogens (tertiary/aromatic N) is 1. The Labute approximate surface area is 156 Å². The van der Waals surface area contributed by atoms with Gasteiger partial charge in [-0.25, -0.2) is 13.6 Å². The number of aliphatic hydroxyl groups excluding tert-OH is 1. The van der Waals surface area contributed by atoms with Gasteiger partial charge in [0.1, 0.15) is 4.21 Å². The highest BCUT2D eigenvalue weighted by molar-refractivity contribution is 8.03. The Morgan fingerprint density at radius 1 is 1.36 bits per heavy atom. The number of anilines is 1. The number of nitrogens with one attached hydrogen (secondary N) is 1. The van der Waals surface area contributed by atoms with Gasteiger partial charge < -0.3 is 14.7 Å². The Bertz CT molecular complexity index is 834. The van der Waals surface area contributed by atoms with Crippen molar-refractivity contribution in [2.75, 3.05) is 24.0 Å². The highest BCUT2D eigenvalue weighted by atomic mass is 32.3. The molecule has 0 radical (unpaired) electrons. The van der Waals surface area contributed by atoms with E-state index in [1.165, 1.54) is 23.3 Å². The molecule has 1 atom stereocenters. The lowest BCUT2D eigenvalue weighted by Gasteiger charge is -2.33. The number of aliphatic hydroxyl groups is 1. The molecule has 2 heterocycles. The number of hydrogen-bond acceptors (Lipinski definition) is 7. The SMILES string of the molecule is CCNC1CN(c2ccc(CCO)cc2)Sc2sc(S(N)(=O)=O)cc21. The van der Waals surface area contributed by atoms with E-state index in [1.54, 1.807) is 6.07 Å². The zero-order chi connectivity index (χ0) is 18.0. The van der Waals surface area contributed by atoms with Crippen LogP contribution in [0.3, 0.4) is 0 Å². The van der Waals surface area contributed by atoms with Crippen LogP contribution in [0.5, 0.6) is 0 Å². The summed E-state index contributed by atoms with van der Waals surface area (Å²) in [5.74, 6) is 0. The van der Waals surface area contributed by atoms with E-state index < -0.39 is 10.0 Å². The van der Waals surface area contributed by atoms with Gasteiger partial charge in [-0.1, -0.05) is 19.1 Å². The normalized spacial score (nSPS) is 17.6. The Balaban J connectivity index is 1.90. The van der Waals surface area contributed by atoms with Crippen LogP contribution in [0.25, 0.3) is 0 Å². The molecule has 136 valence electrons. The third-order valence-electron chi connectivity index (χ3n) is 3.98. The van der Waals surface area contributed by atoms with Crippen molar-refractivity contribution in [2.24, 2.45) is 5.14 Å². The van der Waals surface area contributed by atoms with E-state index in [1.807, 2.05) is 31.2 Å². The zero-order valence-corrected chi connectivity index (χ0v) is 16.3. The van der Waals surface area contributed by atoms with Crippen molar-refractivity contribution in [2.45, 2.75) is 27.8 Å². The van der Waals surface area contributed by atoms with E-state index >= 15 is 0 Å². The number of rotatable bonds is 6. The first-order valence-corrected chi connectivity index (χ1v) is 11.1. The van der Waals surface area contributed by atoms with E-state index in [-0.39, 0.29) is 16.9 Å². The third-order valence-corrected chi connectivity index (χ3v) is 7.80. The van der Waals surface area contributed by atoms with Gasteiger partial charge in [0.2, 0.25) is 10.0 Å². The van der Waals surface area contributed by atoms with Gasteiger partial charge in [0.15, 0.2) is 0 Å². The van der Waals surface area contributed by atoms with E-state index in [2.05, 4.69) is 9.62 Å². The molecule has 0 saturated heterocycles. The second-order valence-corrected chi connectivity index (χ2v) is 9.89. The van der Waals surface area contributed by atoms with Crippen LogP contribution in [0.2, 0.25) is 0 Å². The summed E-state index contributed by atoms with van der Waals surface area (Å²) in [6, 6.07) is 9.81. The molecule has 0 bridgehead atoms. The van der Waals surface area contributed by atoms with Gasteiger partial charge in [0.05, 0.1) is 10.3 Å². The number of thiophene rings is 1. The smallest absolute Gasteiger partial charge is 0.247 e. The average Bonchev–Trinajstić information content (AvgIpc) is 3.01. The molecule has 0 spiro atoms. The molecular weight excluding hydrogens is 378 g/mol. The number of hydrogen-bond donors (Lipinski definition) is 3. The molecule has 3 rings (SSSR count). The quantitative estimate of drug-likeness (QED) is 0.644. The van der Waals surface area contributed by atoms with Gasteiger partial charge in [-0.05, 0) is 54.2 Å². The molecule has 0 saturated carbocycles. The summed E-state index contributed by atoms with van der Waals surface area (Å²) in [4.78, 5) is 0. The molecule has 1 aromatic heterocycles. The fraction of sp³-hybridized carbons (Fsp3) is 0.375. The molecule has 0 fully saturated rings. The second kappa shape index (κ2) is 7.65. The molecule has 1 aromatic carbocycles. The summed E-state index contributed by atoms with van der Waals surface area (Å²) in [6.45, 7) is 3.68. The van der Waals surface area contributed by atoms with Crippen LogP contribution in [-0.2, 0) is 16.4 Å². The Morgan fingerprint density at radius 3 is 2.68 bits per heavy atom. The maximum absolute atomic E-state index is 11.7. The summed E-state index contributed by atoms with van der Waals surface area (Å²) in [5, 5.41) is 17.7. The summed E-state index contributed by atoms with van der Waals surface area (Å²) in [5.41, 5.74) is 3.13. The van der Waals surface area contributed by atoms with Crippen LogP contribution in [0.1, 0.15) is 24.1 Å². The van der Waals surface area contributed by atoms with Crippen LogP contribution < -0.4 is 14.8 Å². The molecule has 1 aliphatic rings. The highest BCUT2D eigenvalue weighted by Gasteiger charge is 2.30. The summed E-state index contributed by atoms with van der Waals surface area (Å²) >= 11 is 2.76. The molecule has 2 aromatic rings. The molecule has 0 amide bonds. The van der Waals surface area contributed by atoms with Crippen molar-refractivity contribution in [1.29, 1.82) is 0 Å². The molecule has 6 nitrogen and oxygen atoms in total. The van der Waals surface area contributed by atoms with Gasteiger partial charge in [-0.15, -0.1) is 11.3 Å². The summed E-state index contributed by atoms with van der Waals surface area (Å²) < 4.78 is 26.7. The van der Waals surface area contributed by atoms with E-state index in [0.717, 1.165) is 34.1 Å². The van der Waals surface area contributed by atoms with Gasteiger partial charge in [0.25, 0.3) is 0 Å². The van der Waals surface area contributed by atoms with Crippen LogP contribution in [0.4, 0.5) is 5.69 Å². The highest BCUT2D eigenvalue weighted by Crippen LogP contribution is 2.45. The number of benzene rings is 1. The fourth-order valence-corrected chi connectivity index (χ4v) is 6.26. The lowest BCUT2D eigenvalue weighted by molar-refractivity contribution is 0.299. The van der Waals surface area contributed by atoms with E-state index in [0.29, 0.717) is 6.42 Å². The van der Waals surface area contributed by atoms with Crippen molar-refractivity contribution >= 4 is 39.0 Å². The first-order chi connectivity index (χ1) is 11.9. The van der Waals surface area contributed by atoms with Crippen molar-refractivity contribution in [3.8, 4) is 0 Å². The van der Waals surface area contributed by atoms with E-state index in [4.69, 9.17) is 10.2 Å². The molecule has 0 aliphatic carbocycles. The van der Waals surface area contributed by atoms with E-state index in [9.17, 15) is 8.42 Å². The predicted molar refractivity (Wildman–Crippen MR) is 103 cm³/mol. The molecule has 4 N–H and O–H groups in total. The molecule has 1 unspecified atom stereocenters. The predicted octanol–water partition coefficient (Wildman–Crippen LogP) is 2.11. The lowest BCUT2D eigenvalue weighted by atomic mass is 10.1. The fourth-order valence-electron chi connectivity index (χ4n) is 2.76. The van der Waals surface area contributed by atoms with Gasteiger partial charge in [-0.2, -0.15) is 0 Å². The lowest BCUT2D eigenvalue weighted by Crippen LogP contribution is -2.34. The second-order valence-electron chi connectivity index (χ2n) is 5.76. The van der Waals surface area contributed by atoms with Crippen LogP contribution in [0, 0.1) is 0 Å². The Hall–Kier alpha value is -1.10. The van der Waals surface area contributed by atoms with Crippen LogP contribution in [0.15, 0.2) is 38.8 Å². The Kier molecular flexibility index (Phi) is 5.71. The number of fused-ring (bicyclic) bond motifs is 1. The standard InChI is InChI=1S/C16H21N3O3S3/c1-2-18-14-10-19(12-5-3-11(4-6-12)7-8-20)24-16-13(14)9-15(23-16)25(17,21)22/h3-6,9,14,18,20H,2,7-8,10H2,1H3,(H2,17,21,22). The minimum atomic E-state index is -3.69. The monoisotopic (exact) mass is 399 g/mol. The summed E-state index contributed by atoms with van der Waals surface area (Å²) in [7, 11) is -3.69. The third kappa shape index (κ3) is 4.18. The molecule has 9 heteroatoms. The van der Waals surface area contributed by atoms with Gasteiger partial charge in [-0.3, -0.25) is 0 Å². The van der Waals surface area contributed by atoms with Crippen LogP contribution in [-0.4, -0.2) is 33.2 Å². The molecule has 1 aliphatic heterocycles. The number of nitrogens with two attached hydrogens (primary N) is 1. The number of primary sulfonamides is 1. The topological polar surface area (TPSA) is 95.7 Å². The average molecular weight is 400 g/mol. The van der Waals surface area contributed by atoms with Crippen molar-refractivity contribution in [3.05, 3.63) is 41.5 Å². The molecule has 25 heavy (non-hydrogen) atoms. The van der Waals surface area contributed by atoms with Crippen molar-refractivity contribution in [1.82, 2.24) is 5.32 Å². The summed E-state index contributed by atoms with van der Waals surface area (Å²) in [6.07, 6.45) is 0.639. The van der Waals surface area contributed by atoms with Crippen molar-refractivity contribution in [3.63, 3.8) is 0 Å². The Morgan fingerprint density at radius 2 is 2.08 bits per heavy atom. The first kappa shape index (κ1) is 18.7. The molecular formula is C16H21N3O3S3. The minimum absolute atomic E-state index is 0.0464. The van der Waals surface area contributed by atoms with Gasteiger partial charge >= 0.3 is 0 Å². The number of likely N-dealkylation sites (N-methyl/N-ethyl adjacent to an activating group) is 1. The van der Waals surface area contributed by atoms with Crippen LogP contribution >= 0.6 is 23.3 Å². The minimum Gasteiger partial charge on any atom is -0.396 e. The first-order valence-electron chi connectivity index (χ1n) is 7.97. The van der Waals surface area contributed by atoms with Gasteiger partial charge in [0, 0.05) is 18.8 Å².